The van der Waals surface area contributed by atoms with Crippen LogP contribution in [0.5, 0.6) is 5.88 Å². The Labute approximate surface area is 114 Å². The minimum atomic E-state index is 0.647. The van der Waals surface area contributed by atoms with Crippen LogP contribution < -0.4 is 10.1 Å². The lowest BCUT2D eigenvalue weighted by molar-refractivity contribution is 0.398. The van der Waals surface area contributed by atoms with Gasteiger partial charge in [0.1, 0.15) is 0 Å². The summed E-state index contributed by atoms with van der Waals surface area (Å²) in [7, 11) is 1.64. The van der Waals surface area contributed by atoms with Gasteiger partial charge in [-0.1, -0.05) is 25.1 Å². The van der Waals surface area contributed by atoms with Crippen molar-refractivity contribution in [1.29, 1.82) is 0 Å². The topological polar surface area (TPSA) is 34.2 Å². The first-order valence-corrected chi connectivity index (χ1v) is 6.55. The van der Waals surface area contributed by atoms with Crippen molar-refractivity contribution in [2.24, 2.45) is 0 Å². The van der Waals surface area contributed by atoms with Crippen LogP contribution in [-0.2, 0) is 6.54 Å². The first kappa shape index (κ1) is 13.6. The van der Waals surface area contributed by atoms with Crippen molar-refractivity contribution in [2.75, 3.05) is 13.7 Å². The van der Waals surface area contributed by atoms with E-state index >= 15 is 0 Å². The molecule has 0 aliphatic carbocycles. The SMILES string of the molecule is CCNCc1ccc(-c2ccnc(OC)c2)c(C)c1. The number of methoxy groups -OCH3 is 1. The van der Waals surface area contributed by atoms with Gasteiger partial charge in [-0.05, 0) is 41.8 Å². The van der Waals surface area contributed by atoms with Crippen molar-refractivity contribution < 1.29 is 4.74 Å². The molecule has 0 amide bonds. The predicted octanol–water partition coefficient (Wildman–Crippen LogP) is 3.18. The van der Waals surface area contributed by atoms with Crippen LogP contribution in [0.1, 0.15) is 18.1 Å². The van der Waals surface area contributed by atoms with Gasteiger partial charge in [0, 0.05) is 18.8 Å². The molecule has 3 nitrogen and oxygen atoms in total. The Balaban J connectivity index is 2.29. The first-order chi connectivity index (χ1) is 9.24. The average molecular weight is 256 g/mol. The van der Waals surface area contributed by atoms with Crippen LogP contribution in [0.4, 0.5) is 0 Å². The van der Waals surface area contributed by atoms with Gasteiger partial charge in [0.15, 0.2) is 0 Å². The third-order valence-electron chi connectivity index (χ3n) is 3.12. The Morgan fingerprint density at radius 3 is 2.74 bits per heavy atom. The van der Waals surface area contributed by atoms with E-state index in [1.54, 1.807) is 13.3 Å². The van der Waals surface area contributed by atoms with E-state index in [1.165, 1.54) is 16.7 Å². The normalized spacial score (nSPS) is 10.5. The van der Waals surface area contributed by atoms with Gasteiger partial charge >= 0.3 is 0 Å². The third-order valence-corrected chi connectivity index (χ3v) is 3.12. The first-order valence-electron chi connectivity index (χ1n) is 6.55. The van der Waals surface area contributed by atoms with Gasteiger partial charge in [-0.2, -0.15) is 0 Å². The summed E-state index contributed by atoms with van der Waals surface area (Å²) in [5, 5.41) is 3.34. The number of rotatable bonds is 5. The van der Waals surface area contributed by atoms with Gasteiger partial charge in [-0.3, -0.25) is 0 Å². The van der Waals surface area contributed by atoms with Gasteiger partial charge in [-0.25, -0.2) is 4.98 Å². The van der Waals surface area contributed by atoms with Gasteiger partial charge in [0.2, 0.25) is 5.88 Å². The molecule has 1 aromatic heterocycles. The van der Waals surface area contributed by atoms with E-state index < -0.39 is 0 Å². The molecule has 0 atom stereocenters. The summed E-state index contributed by atoms with van der Waals surface area (Å²) in [6.45, 7) is 6.15. The van der Waals surface area contributed by atoms with Crippen LogP contribution >= 0.6 is 0 Å². The monoisotopic (exact) mass is 256 g/mol. The van der Waals surface area contributed by atoms with Crippen LogP contribution in [0.25, 0.3) is 11.1 Å². The zero-order chi connectivity index (χ0) is 13.7. The number of hydrogen-bond donors (Lipinski definition) is 1. The van der Waals surface area contributed by atoms with E-state index in [-0.39, 0.29) is 0 Å². The molecule has 3 heteroatoms. The van der Waals surface area contributed by atoms with Crippen LogP contribution in [0, 0.1) is 6.92 Å². The molecule has 2 rings (SSSR count). The lowest BCUT2D eigenvalue weighted by atomic mass is 9.99. The zero-order valence-corrected chi connectivity index (χ0v) is 11.7. The van der Waals surface area contributed by atoms with E-state index in [9.17, 15) is 0 Å². The third kappa shape index (κ3) is 3.32. The van der Waals surface area contributed by atoms with Gasteiger partial charge in [-0.15, -0.1) is 0 Å². The highest BCUT2D eigenvalue weighted by Crippen LogP contribution is 2.26. The molecule has 0 saturated heterocycles. The van der Waals surface area contributed by atoms with Crippen molar-refractivity contribution >= 4 is 0 Å². The van der Waals surface area contributed by atoms with E-state index in [1.807, 2.05) is 12.1 Å². The molecule has 0 radical (unpaired) electrons. The smallest absolute Gasteiger partial charge is 0.213 e. The van der Waals surface area contributed by atoms with Gasteiger partial charge < -0.3 is 10.1 Å². The minimum Gasteiger partial charge on any atom is -0.481 e. The fourth-order valence-corrected chi connectivity index (χ4v) is 2.12. The molecule has 0 bridgehead atoms. The molecular formula is C16H20N2O. The lowest BCUT2D eigenvalue weighted by Gasteiger charge is -2.10. The molecule has 0 unspecified atom stereocenters. The molecule has 1 N–H and O–H groups in total. The summed E-state index contributed by atoms with van der Waals surface area (Å²) in [5.41, 5.74) is 4.94. The number of nitrogens with zero attached hydrogens (tertiary/aromatic N) is 1. The number of aryl methyl sites for hydroxylation is 1. The highest BCUT2D eigenvalue weighted by Gasteiger charge is 2.04. The number of benzene rings is 1. The average Bonchev–Trinajstić information content (AvgIpc) is 2.45. The Hall–Kier alpha value is -1.87. The van der Waals surface area contributed by atoms with Crippen LogP contribution in [0.15, 0.2) is 36.5 Å². The molecule has 0 aliphatic heterocycles. The lowest BCUT2D eigenvalue weighted by Crippen LogP contribution is -2.11. The molecule has 0 saturated carbocycles. The van der Waals surface area contributed by atoms with Crippen molar-refractivity contribution in [3.63, 3.8) is 0 Å². The van der Waals surface area contributed by atoms with Gasteiger partial charge in [0.05, 0.1) is 7.11 Å². The Bertz CT molecular complexity index is 552. The van der Waals surface area contributed by atoms with Crippen molar-refractivity contribution in [1.82, 2.24) is 10.3 Å². The van der Waals surface area contributed by atoms with E-state index in [2.05, 4.69) is 42.3 Å². The van der Waals surface area contributed by atoms with Crippen LogP contribution in [0.2, 0.25) is 0 Å². The maximum Gasteiger partial charge on any atom is 0.213 e. The summed E-state index contributed by atoms with van der Waals surface area (Å²) in [6.07, 6.45) is 1.78. The minimum absolute atomic E-state index is 0.647. The molecule has 0 fully saturated rings. The molecule has 1 aromatic carbocycles. The number of aromatic nitrogens is 1. The molecular weight excluding hydrogens is 236 g/mol. The number of nitrogens with one attached hydrogen (secondary N) is 1. The standard InChI is InChI=1S/C16H20N2O/c1-4-17-11-13-5-6-15(12(2)9-13)14-7-8-18-16(10-14)19-3/h5-10,17H,4,11H2,1-3H3. The molecule has 0 spiro atoms. The molecule has 1 heterocycles. The fourth-order valence-electron chi connectivity index (χ4n) is 2.12. The predicted molar refractivity (Wildman–Crippen MR) is 78.3 cm³/mol. The fraction of sp³-hybridized carbons (Fsp3) is 0.312. The number of ether oxygens (including phenoxy) is 1. The van der Waals surface area contributed by atoms with Crippen LogP contribution in [-0.4, -0.2) is 18.6 Å². The van der Waals surface area contributed by atoms with Crippen molar-refractivity contribution in [3.8, 4) is 17.0 Å². The zero-order valence-electron chi connectivity index (χ0n) is 11.7. The Kier molecular flexibility index (Phi) is 4.53. The Morgan fingerprint density at radius 1 is 1.21 bits per heavy atom. The van der Waals surface area contributed by atoms with E-state index in [0.29, 0.717) is 5.88 Å². The summed E-state index contributed by atoms with van der Waals surface area (Å²) in [5.74, 6) is 0.647. The summed E-state index contributed by atoms with van der Waals surface area (Å²) in [6, 6.07) is 10.5. The molecule has 100 valence electrons. The number of hydrogen-bond acceptors (Lipinski definition) is 3. The second kappa shape index (κ2) is 6.34. The second-order valence-electron chi connectivity index (χ2n) is 4.52. The van der Waals surface area contributed by atoms with Crippen LogP contribution in [0.3, 0.4) is 0 Å². The molecule has 2 aromatic rings. The highest BCUT2D eigenvalue weighted by molar-refractivity contribution is 5.68. The van der Waals surface area contributed by atoms with E-state index in [4.69, 9.17) is 4.74 Å². The van der Waals surface area contributed by atoms with Gasteiger partial charge in [0.25, 0.3) is 0 Å². The maximum absolute atomic E-state index is 5.17. The summed E-state index contributed by atoms with van der Waals surface area (Å²) < 4.78 is 5.17. The number of pyridine rings is 1. The quantitative estimate of drug-likeness (QED) is 0.892. The highest BCUT2D eigenvalue weighted by atomic mass is 16.5. The molecule has 0 aliphatic rings. The summed E-state index contributed by atoms with van der Waals surface area (Å²) in [4.78, 5) is 4.14. The Morgan fingerprint density at radius 2 is 2.05 bits per heavy atom. The maximum atomic E-state index is 5.17. The van der Waals surface area contributed by atoms with Crippen molar-refractivity contribution in [3.05, 3.63) is 47.7 Å². The van der Waals surface area contributed by atoms with Crippen molar-refractivity contribution in [2.45, 2.75) is 20.4 Å². The molecule has 19 heavy (non-hydrogen) atoms. The van der Waals surface area contributed by atoms with E-state index in [0.717, 1.165) is 18.7 Å². The largest absolute Gasteiger partial charge is 0.481 e. The second-order valence-corrected chi connectivity index (χ2v) is 4.52. The summed E-state index contributed by atoms with van der Waals surface area (Å²) >= 11 is 0.